The number of nitrogens with zero attached hydrogens (tertiary/aromatic N) is 3. The summed E-state index contributed by atoms with van der Waals surface area (Å²) in [6.45, 7) is 6.59. The van der Waals surface area contributed by atoms with Crippen LogP contribution in [0.5, 0.6) is 0 Å². The van der Waals surface area contributed by atoms with Crippen molar-refractivity contribution in [3.63, 3.8) is 0 Å². The molecule has 0 saturated carbocycles. The number of aryl methyl sites for hydroxylation is 1. The van der Waals surface area contributed by atoms with Crippen LogP contribution in [-0.2, 0) is 23.1 Å². The summed E-state index contributed by atoms with van der Waals surface area (Å²) < 4.78 is 7.79. The molecule has 2 aliphatic rings. The van der Waals surface area contributed by atoms with Gasteiger partial charge >= 0.3 is 0 Å². The number of likely N-dealkylation sites (tertiary alicyclic amines) is 1. The molecule has 0 aromatic carbocycles. The van der Waals surface area contributed by atoms with Gasteiger partial charge in [-0.15, -0.1) is 0 Å². The summed E-state index contributed by atoms with van der Waals surface area (Å²) in [5.74, 6) is 0.136. The van der Waals surface area contributed by atoms with E-state index in [0.717, 1.165) is 26.1 Å². The molecule has 1 amide bonds. The molecule has 3 atom stereocenters. The minimum atomic E-state index is -0.00343. The van der Waals surface area contributed by atoms with Crippen molar-refractivity contribution in [3.8, 4) is 0 Å². The fraction of sp³-hybridized carbons (Fsp3) is 0.733. The van der Waals surface area contributed by atoms with E-state index in [1.165, 1.54) is 5.56 Å². The molecule has 21 heavy (non-hydrogen) atoms. The first-order valence-electron chi connectivity index (χ1n) is 7.67. The van der Waals surface area contributed by atoms with Gasteiger partial charge in [0, 0.05) is 44.5 Å². The number of morpholine rings is 1. The molecular weight excluding hydrogens is 268 g/mol. The Kier molecular flexibility index (Phi) is 3.99. The molecule has 1 N–H and O–H groups in total. The Morgan fingerprint density at radius 2 is 2.33 bits per heavy atom. The van der Waals surface area contributed by atoms with Crippen LogP contribution in [0, 0.1) is 5.92 Å². The molecule has 2 bridgehead atoms. The van der Waals surface area contributed by atoms with Gasteiger partial charge in [0.1, 0.15) is 0 Å². The first-order chi connectivity index (χ1) is 10.0. The van der Waals surface area contributed by atoms with E-state index >= 15 is 0 Å². The summed E-state index contributed by atoms with van der Waals surface area (Å²) >= 11 is 0. The summed E-state index contributed by atoms with van der Waals surface area (Å²) in [6, 6.07) is 0.185. The molecular formula is C15H24N4O2. The molecule has 6 nitrogen and oxygen atoms in total. The van der Waals surface area contributed by atoms with Crippen molar-refractivity contribution in [3.05, 3.63) is 18.0 Å². The van der Waals surface area contributed by atoms with Gasteiger partial charge in [-0.2, -0.15) is 5.10 Å². The fourth-order valence-electron chi connectivity index (χ4n) is 3.35. The smallest absolute Gasteiger partial charge is 0.226 e. The number of carbonyl (C=O) groups excluding carboxylic acids is 1. The van der Waals surface area contributed by atoms with Gasteiger partial charge in [0.2, 0.25) is 5.91 Å². The monoisotopic (exact) mass is 292 g/mol. The average Bonchev–Trinajstić information content (AvgIpc) is 2.92. The highest BCUT2D eigenvalue weighted by Crippen LogP contribution is 2.32. The molecule has 1 aromatic heterocycles. The number of rotatable bonds is 4. The third kappa shape index (κ3) is 3.27. The van der Waals surface area contributed by atoms with E-state index in [4.69, 9.17) is 4.74 Å². The third-order valence-electron chi connectivity index (χ3n) is 4.17. The fourth-order valence-corrected chi connectivity index (χ4v) is 3.35. The van der Waals surface area contributed by atoms with Gasteiger partial charge in [-0.1, -0.05) is 0 Å². The molecule has 3 heterocycles. The highest BCUT2D eigenvalue weighted by atomic mass is 16.5. The number of ether oxygens (including phenoxy) is 1. The SMILES string of the molecule is CC(C)NC(=O)[C@@H]1C[C@H]2CN(Cc3cnn(C)c3)C[C@@H]1O2. The zero-order valence-electron chi connectivity index (χ0n) is 13.0. The van der Waals surface area contributed by atoms with Gasteiger partial charge < -0.3 is 10.1 Å². The van der Waals surface area contributed by atoms with Crippen molar-refractivity contribution in [1.29, 1.82) is 0 Å². The van der Waals surface area contributed by atoms with E-state index in [0.29, 0.717) is 0 Å². The summed E-state index contributed by atoms with van der Waals surface area (Å²) in [5.41, 5.74) is 1.21. The van der Waals surface area contributed by atoms with Crippen LogP contribution in [-0.4, -0.2) is 51.9 Å². The van der Waals surface area contributed by atoms with Gasteiger partial charge in [-0.05, 0) is 20.3 Å². The number of hydrogen-bond donors (Lipinski definition) is 1. The topological polar surface area (TPSA) is 59.4 Å². The average molecular weight is 292 g/mol. The van der Waals surface area contributed by atoms with E-state index in [2.05, 4.69) is 15.3 Å². The molecule has 0 spiro atoms. The lowest BCUT2D eigenvalue weighted by atomic mass is 9.99. The highest BCUT2D eigenvalue weighted by Gasteiger charge is 2.44. The number of hydrogen-bond acceptors (Lipinski definition) is 4. The molecule has 2 fully saturated rings. The predicted octanol–water partition coefficient (Wildman–Crippen LogP) is 0.534. The second kappa shape index (κ2) is 5.77. The summed E-state index contributed by atoms with van der Waals surface area (Å²) in [7, 11) is 1.93. The minimum absolute atomic E-state index is 0.00343. The van der Waals surface area contributed by atoms with Crippen LogP contribution in [0.3, 0.4) is 0 Å². The van der Waals surface area contributed by atoms with Gasteiger partial charge in [0.05, 0.1) is 24.3 Å². The molecule has 1 aromatic rings. The minimum Gasteiger partial charge on any atom is -0.371 e. The molecule has 2 aliphatic heterocycles. The number of carbonyl (C=O) groups is 1. The van der Waals surface area contributed by atoms with E-state index in [1.807, 2.05) is 38.0 Å². The number of aromatic nitrogens is 2. The zero-order valence-corrected chi connectivity index (χ0v) is 13.0. The van der Waals surface area contributed by atoms with Gasteiger partial charge in [0.15, 0.2) is 0 Å². The van der Waals surface area contributed by atoms with Gasteiger partial charge in [-0.3, -0.25) is 14.4 Å². The second-order valence-corrected chi connectivity index (χ2v) is 6.52. The predicted molar refractivity (Wildman–Crippen MR) is 78.5 cm³/mol. The molecule has 6 heteroatoms. The van der Waals surface area contributed by atoms with E-state index in [-0.39, 0.29) is 30.1 Å². The molecule has 116 valence electrons. The number of fused-ring (bicyclic) bond motifs is 2. The van der Waals surface area contributed by atoms with Crippen molar-refractivity contribution >= 4 is 5.91 Å². The molecule has 0 aliphatic carbocycles. The van der Waals surface area contributed by atoms with E-state index < -0.39 is 0 Å². The van der Waals surface area contributed by atoms with Crippen molar-refractivity contribution in [2.75, 3.05) is 13.1 Å². The lowest BCUT2D eigenvalue weighted by Crippen LogP contribution is -2.45. The summed E-state index contributed by atoms with van der Waals surface area (Å²) in [5, 5.41) is 7.22. The normalized spacial score (nSPS) is 29.0. The van der Waals surface area contributed by atoms with Crippen molar-refractivity contribution in [2.45, 2.75) is 45.1 Å². The van der Waals surface area contributed by atoms with Crippen LogP contribution < -0.4 is 5.32 Å². The van der Waals surface area contributed by atoms with Crippen molar-refractivity contribution in [1.82, 2.24) is 20.0 Å². The van der Waals surface area contributed by atoms with Crippen LogP contribution >= 0.6 is 0 Å². The van der Waals surface area contributed by atoms with Crippen LogP contribution in [0.4, 0.5) is 0 Å². The largest absolute Gasteiger partial charge is 0.371 e. The summed E-state index contributed by atoms with van der Waals surface area (Å²) in [6.07, 6.45) is 5.00. The maximum atomic E-state index is 12.2. The standard InChI is InChI=1S/C15H24N4O2/c1-10(2)17-15(20)13-4-12-8-19(9-14(13)21-12)7-11-5-16-18(3)6-11/h5-6,10,12-14H,4,7-9H2,1-3H3,(H,17,20)/t12-,13+,14-/m0/s1. The molecule has 0 radical (unpaired) electrons. The molecule has 3 rings (SSSR count). The van der Waals surface area contributed by atoms with Crippen LogP contribution in [0.1, 0.15) is 25.8 Å². The maximum absolute atomic E-state index is 12.2. The maximum Gasteiger partial charge on any atom is 0.226 e. The van der Waals surface area contributed by atoms with Crippen LogP contribution in [0.2, 0.25) is 0 Å². The van der Waals surface area contributed by atoms with Crippen molar-refractivity contribution < 1.29 is 9.53 Å². The van der Waals surface area contributed by atoms with E-state index in [1.54, 1.807) is 0 Å². The first kappa shape index (κ1) is 14.5. The lowest BCUT2D eigenvalue weighted by Gasteiger charge is -2.32. The quantitative estimate of drug-likeness (QED) is 0.879. The number of amides is 1. The first-order valence-corrected chi connectivity index (χ1v) is 7.67. The van der Waals surface area contributed by atoms with Crippen LogP contribution in [0.15, 0.2) is 12.4 Å². The Bertz CT molecular complexity index is 514. The van der Waals surface area contributed by atoms with E-state index in [9.17, 15) is 4.79 Å². The van der Waals surface area contributed by atoms with Gasteiger partial charge in [-0.25, -0.2) is 0 Å². The zero-order chi connectivity index (χ0) is 15.0. The Morgan fingerprint density at radius 3 is 3.00 bits per heavy atom. The lowest BCUT2D eigenvalue weighted by molar-refractivity contribution is -0.128. The Morgan fingerprint density at radius 1 is 1.52 bits per heavy atom. The number of nitrogens with one attached hydrogen (secondary N) is 1. The summed E-state index contributed by atoms with van der Waals surface area (Å²) in [4.78, 5) is 14.6. The van der Waals surface area contributed by atoms with Crippen LogP contribution in [0.25, 0.3) is 0 Å². The Labute approximate surface area is 125 Å². The highest BCUT2D eigenvalue weighted by molar-refractivity contribution is 5.80. The molecule has 2 saturated heterocycles. The Hall–Kier alpha value is -1.40. The van der Waals surface area contributed by atoms with Gasteiger partial charge in [0.25, 0.3) is 0 Å². The third-order valence-corrected chi connectivity index (χ3v) is 4.17. The Balaban J connectivity index is 1.60. The second-order valence-electron chi connectivity index (χ2n) is 6.52. The van der Waals surface area contributed by atoms with Crippen molar-refractivity contribution in [2.24, 2.45) is 13.0 Å². The molecule has 0 unspecified atom stereocenters.